The maximum Gasteiger partial charge on any atom is 0.421 e. The largest absolute Gasteiger partial charge is 0.490 e. The Morgan fingerprint density at radius 3 is 2.55 bits per heavy atom. The molecule has 0 atom stereocenters. The lowest BCUT2D eigenvalue weighted by Crippen LogP contribution is -2.56. The number of hydrogen-bond donors (Lipinski definition) is 0. The van der Waals surface area contributed by atoms with Gasteiger partial charge >= 0.3 is 6.18 Å². The van der Waals surface area contributed by atoms with E-state index in [-0.39, 0.29) is 18.0 Å². The number of halogens is 3. The van der Waals surface area contributed by atoms with E-state index in [1.807, 2.05) is 0 Å². The first kappa shape index (κ1) is 19.8. The van der Waals surface area contributed by atoms with Gasteiger partial charge in [0, 0.05) is 18.7 Å². The molecule has 29 heavy (non-hydrogen) atoms. The summed E-state index contributed by atoms with van der Waals surface area (Å²) in [6.07, 6.45) is -3.45. The molecule has 0 bridgehead atoms. The minimum atomic E-state index is -4.61. The molecule has 1 fully saturated rings. The van der Waals surface area contributed by atoms with Gasteiger partial charge in [0.15, 0.2) is 11.5 Å². The molecule has 0 radical (unpaired) electrons. The van der Waals surface area contributed by atoms with Gasteiger partial charge in [0.05, 0.1) is 31.2 Å². The van der Waals surface area contributed by atoms with Crippen molar-refractivity contribution in [3.8, 4) is 17.4 Å². The van der Waals surface area contributed by atoms with E-state index in [2.05, 4.69) is 4.98 Å². The zero-order chi connectivity index (χ0) is 20.6. The lowest BCUT2D eigenvalue weighted by atomic mass is 10.2. The molecule has 0 amide bonds. The molecular formula is C18H17F3N2O5S. The predicted octanol–water partition coefficient (Wildman–Crippen LogP) is 2.71. The minimum absolute atomic E-state index is 0.0222. The van der Waals surface area contributed by atoms with Crippen LogP contribution in [0.15, 0.2) is 41.4 Å². The second-order valence-electron chi connectivity index (χ2n) is 6.57. The van der Waals surface area contributed by atoms with E-state index in [0.717, 1.165) is 16.4 Å². The van der Waals surface area contributed by atoms with Crippen molar-refractivity contribution in [1.29, 1.82) is 0 Å². The highest BCUT2D eigenvalue weighted by atomic mass is 32.2. The van der Waals surface area contributed by atoms with Crippen LogP contribution in [0.4, 0.5) is 13.2 Å². The molecule has 11 heteroatoms. The quantitative estimate of drug-likeness (QED) is 0.742. The highest BCUT2D eigenvalue weighted by molar-refractivity contribution is 7.89. The van der Waals surface area contributed by atoms with Crippen LogP contribution in [-0.4, -0.2) is 50.1 Å². The zero-order valence-corrected chi connectivity index (χ0v) is 15.9. The first-order chi connectivity index (χ1) is 13.7. The van der Waals surface area contributed by atoms with Gasteiger partial charge in [-0.3, -0.25) is 0 Å². The summed E-state index contributed by atoms with van der Waals surface area (Å²) < 4.78 is 82.1. The number of pyridine rings is 1. The summed E-state index contributed by atoms with van der Waals surface area (Å²) in [6.45, 7) is 0.745. The highest BCUT2D eigenvalue weighted by Crippen LogP contribution is 2.37. The van der Waals surface area contributed by atoms with Gasteiger partial charge in [0.25, 0.3) is 0 Å². The molecule has 0 spiro atoms. The third-order valence-corrected chi connectivity index (χ3v) is 6.35. The van der Waals surface area contributed by atoms with Crippen LogP contribution >= 0.6 is 0 Å². The molecule has 0 saturated carbocycles. The Kier molecular flexibility index (Phi) is 5.03. The van der Waals surface area contributed by atoms with Gasteiger partial charge in [-0.25, -0.2) is 13.4 Å². The van der Waals surface area contributed by atoms with E-state index < -0.39 is 33.7 Å². The molecule has 1 saturated heterocycles. The van der Waals surface area contributed by atoms with Gasteiger partial charge in [-0.15, -0.1) is 0 Å². The topological polar surface area (TPSA) is 78.0 Å². The summed E-state index contributed by atoms with van der Waals surface area (Å²) in [7, 11) is -3.84. The Balaban J connectivity index is 1.45. The minimum Gasteiger partial charge on any atom is -0.490 e. The molecule has 2 aliphatic heterocycles. The molecule has 2 aliphatic rings. The van der Waals surface area contributed by atoms with Gasteiger partial charge in [-0.05, 0) is 24.3 Å². The normalized spacial score (nSPS) is 18.0. The fraction of sp³-hybridized carbons (Fsp3) is 0.389. The number of nitrogens with zero attached hydrogens (tertiary/aromatic N) is 2. The van der Waals surface area contributed by atoms with Crippen LogP contribution in [0, 0.1) is 0 Å². The van der Waals surface area contributed by atoms with Crippen molar-refractivity contribution in [2.75, 3.05) is 26.3 Å². The molecular weight excluding hydrogens is 413 g/mol. The molecule has 156 valence electrons. The van der Waals surface area contributed by atoms with E-state index in [4.69, 9.17) is 14.2 Å². The van der Waals surface area contributed by atoms with E-state index in [1.54, 1.807) is 0 Å². The number of hydrogen-bond acceptors (Lipinski definition) is 6. The maximum atomic E-state index is 13.0. The number of rotatable bonds is 4. The summed E-state index contributed by atoms with van der Waals surface area (Å²) in [4.78, 5) is 3.65. The van der Waals surface area contributed by atoms with Crippen molar-refractivity contribution >= 4 is 10.0 Å². The van der Waals surface area contributed by atoms with Crippen LogP contribution in [0.5, 0.6) is 17.4 Å². The van der Waals surface area contributed by atoms with Gasteiger partial charge in [-0.2, -0.15) is 17.5 Å². The van der Waals surface area contributed by atoms with E-state index >= 15 is 0 Å². The van der Waals surface area contributed by atoms with Crippen LogP contribution in [0.25, 0.3) is 0 Å². The molecule has 4 rings (SSSR count). The number of benzene rings is 1. The zero-order valence-electron chi connectivity index (χ0n) is 15.1. The average molecular weight is 430 g/mol. The molecule has 1 aromatic carbocycles. The lowest BCUT2D eigenvalue weighted by molar-refractivity contribution is -0.140. The van der Waals surface area contributed by atoms with Crippen molar-refractivity contribution in [3.05, 3.63) is 42.1 Å². The number of fused-ring (bicyclic) bond motifs is 1. The van der Waals surface area contributed by atoms with Crippen LogP contribution in [-0.2, 0) is 16.2 Å². The summed E-state index contributed by atoms with van der Waals surface area (Å²) in [6, 6.07) is 6.37. The SMILES string of the molecule is O=S(=O)(c1ccc2c(c1)OCCCO2)N1CC(Oc2ncccc2C(F)(F)F)C1. The van der Waals surface area contributed by atoms with Crippen molar-refractivity contribution in [2.45, 2.75) is 23.6 Å². The molecule has 2 aromatic rings. The molecule has 0 N–H and O–H groups in total. The number of ether oxygens (including phenoxy) is 3. The van der Waals surface area contributed by atoms with Gasteiger partial charge in [-0.1, -0.05) is 0 Å². The Hall–Kier alpha value is -2.53. The second kappa shape index (κ2) is 7.38. The second-order valence-corrected chi connectivity index (χ2v) is 8.51. The standard InChI is InChI=1S/C18H17F3N2O5S/c19-18(20,21)14-3-1-6-22-17(14)28-12-10-23(11-12)29(24,25)13-4-5-15-16(9-13)27-8-2-7-26-15/h1,3-6,9,12H,2,7-8,10-11H2. The number of sulfonamides is 1. The monoisotopic (exact) mass is 430 g/mol. The van der Waals surface area contributed by atoms with Gasteiger partial charge in [0.1, 0.15) is 11.7 Å². The Morgan fingerprint density at radius 2 is 1.83 bits per heavy atom. The van der Waals surface area contributed by atoms with Crippen LogP contribution in [0.3, 0.4) is 0 Å². The van der Waals surface area contributed by atoms with Gasteiger partial charge < -0.3 is 14.2 Å². The fourth-order valence-corrected chi connectivity index (χ4v) is 4.50. The molecule has 1 aromatic heterocycles. The van der Waals surface area contributed by atoms with Crippen LogP contribution in [0.2, 0.25) is 0 Å². The van der Waals surface area contributed by atoms with E-state index in [9.17, 15) is 21.6 Å². The van der Waals surface area contributed by atoms with Crippen molar-refractivity contribution in [2.24, 2.45) is 0 Å². The number of alkyl halides is 3. The van der Waals surface area contributed by atoms with Crippen molar-refractivity contribution in [3.63, 3.8) is 0 Å². The number of aromatic nitrogens is 1. The van der Waals surface area contributed by atoms with Crippen molar-refractivity contribution < 1.29 is 35.8 Å². The Morgan fingerprint density at radius 1 is 1.10 bits per heavy atom. The lowest BCUT2D eigenvalue weighted by Gasteiger charge is -2.37. The third-order valence-electron chi connectivity index (χ3n) is 4.53. The Labute approximate surface area is 165 Å². The van der Waals surface area contributed by atoms with Crippen LogP contribution in [0.1, 0.15) is 12.0 Å². The molecule has 0 aliphatic carbocycles. The average Bonchev–Trinajstić information content (AvgIpc) is 2.88. The summed E-state index contributed by atoms with van der Waals surface area (Å²) in [5.41, 5.74) is -0.996. The predicted molar refractivity (Wildman–Crippen MR) is 94.5 cm³/mol. The molecule has 3 heterocycles. The fourth-order valence-electron chi connectivity index (χ4n) is 2.98. The van der Waals surface area contributed by atoms with Crippen molar-refractivity contribution in [1.82, 2.24) is 9.29 Å². The molecule has 7 nitrogen and oxygen atoms in total. The Bertz CT molecular complexity index is 1010. The smallest absolute Gasteiger partial charge is 0.421 e. The summed E-state index contributed by atoms with van der Waals surface area (Å²) in [5, 5.41) is 0. The first-order valence-corrected chi connectivity index (χ1v) is 10.3. The van der Waals surface area contributed by atoms with E-state index in [0.29, 0.717) is 31.1 Å². The summed E-state index contributed by atoms with van der Waals surface area (Å²) in [5.74, 6) is 0.263. The van der Waals surface area contributed by atoms with Gasteiger partial charge in [0.2, 0.25) is 15.9 Å². The summed E-state index contributed by atoms with van der Waals surface area (Å²) >= 11 is 0. The third kappa shape index (κ3) is 3.97. The maximum absolute atomic E-state index is 13.0. The first-order valence-electron chi connectivity index (χ1n) is 8.84. The van der Waals surface area contributed by atoms with Crippen LogP contribution < -0.4 is 14.2 Å². The van der Waals surface area contributed by atoms with E-state index in [1.165, 1.54) is 24.4 Å². The molecule has 0 unspecified atom stereocenters. The highest BCUT2D eigenvalue weighted by Gasteiger charge is 2.41.